The molecule has 0 bridgehead atoms. The molecule has 0 unspecified atom stereocenters. The van der Waals surface area contributed by atoms with Gasteiger partial charge in [0.05, 0.1) is 7.11 Å². The van der Waals surface area contributed by atoms with Crippen LogP contribution in [0, 0.1) is 5.82 Å². The number of amides is 1. The van der Waals surface area contributed by atoms with E-state index in [4.69, 9.17) is 0 Å². The van der Waals surface area contributed by atoms with Gasteiger partial charge < -0.3 is 10.1 Å². The van der Waals surface area contributed by atoms with Gasteiger partial charge in [-0.3, -0.25) is 9.59 Å². The average molecular weight is 290 g/mol. The number of halogens is 2. The predicted octanol–water partition coefficient (Wildman–Crippen LogP) is 1.49. The van der Waals surface area contributed by atoms with Gasteiger partial charge in [0.15, 0.2) is 0 Å². The van der Waals surface area contributed by atoms with Gasteiger partial charge in [-0.25, -0.2) is 4.39 Å². The summed E-state index contributed by atoms with van der Waals surface area (Å²) in [6, 6.07) is 3.77. The van der Waals surface area contributed by atoms with Gasteiger partial charge >= 0.3 is 5.97 Å². The lowest BCUT2D eigenvalue weighted by Gasteiger charge is -2.04. The van der Waals surface area contributed by atoms with Crippen molar-refractivity contribution in [2.24, 2.45) is 0 Å². The summed E-state index contributed by atoms with van der Waals surface area (Å²) in [6.07, 6.45) is 0. The molecule has 0 spiro atoms. The molecule has 0 fully saturated rings. The number of methoxy groups -OCH3 is 1. The molecule has 0 heterocycles. The first-order valence-electron chi connectivity index (χ1n) is 4.34. The number of carbonyl (C=O) groups excluding carboxylic acids is 2. The molecule has 6 heteroatoms. The molecule has 4 nitrogen and oxygen atoms in total. The van der Waals surface area contributed by atoms with E-state index in [1.807, 2.05) is 0 Å². The minimum atomic E-state index is -0.566. The molecule has 0 atom stereocenters. The third kappa shape index (κ3) is 3.62. The molecule has 0 aliphatic carbocycles. The molecule has 0 aromatic heterocycles. The van der Waals surface area contributed by atoms with Crippen LogP contribution in [0.1, 0.15) is 10.4 Å². The summed E-state index contributed by atoms with van der Waals surface area (Å²) in [7, 11) is 1.22. The molecule has 16 heavy (non-hydrogen) atoms. The molecule has 0 radical (unpaired) electrons. The lowest BCUT2D eigenvalue weighted by Crippen LogP contribution is -2.30. The van der Waals surface area contributed by atoms with Gasteiger partial charge in [-0.1, -0.05) is 15.9 Å². The fourth-order valence-corrected chi connectivity index (χ4v) is 1.48. The van der Waals surface area contributed by atoms with E-state index in [1.54, 1.807) is 0 Å². The molecule has 1 aromatic carbocycles. The van der Waals surface area contributed by atoms with Crippen molar-refractivity contribution in [1.29, 1.82) is 0 Å². The highest BCUT2D eigenvalue weighted by atomic mass is 79.9. The number of ether oxygens (including phenoxy) is 1. The second-order valence-electron chi connectivity index (χ2n) is 2.92. The smallest absolute Gasteiger partial charge is 0.325 e. The fraction of sp³-hybridized carbons (Fsp3) is 0.200. The standard InChI is InChI=1S/C10H9BrFNO3/c1-16-9(14)5-13-10(15)6-2-7(11)4-8(12)3-6/h2-4H,5H2,1H3,(H,13,15). The topological polar surface area (TPSA) is 55.4 Å². The summed E-state index contributed by atoms with van der Waals surface area (Å²) in [4.78, 5) is 22.2. The first kappa shape index (κ1) is 12.6. The summed E-state index contributed by atoms with van der Waals surface area (Å²) in [6.45, 7) is -0.247. The fourth-order valence-electron chi connectivity index (χ4n) is 1.01. The van der Waals surface area contributed by atoms with E-state index >= 15 is 0 Å². The lowest BCUT2D eigenvalue weighted by molar-refractivity contribution is -0.139. The van der Waals surface area contributed by atoms with Crippen LogP contribution >= 0.6 is 15.9 Å². The highest BCUT2D eigenvalue weighted by molar-refractivity contribution is 9.10. The zero-order valence-electron chi connectivity index (χ0n) is 8.42. The molecule has 0 aliphatic rings. The van der Waals surface area contributed by atoms with Crippen molar-refractivity contribution in [3.63, 3.8) is 0 Å². The maximum atomic E-state index is 13.0. The number of hydrogen-bond acceptors (Lipinski definition) is 3. The monoisotopic (exact) mass is 289 g/mol. The van der Waals surface area contributed by atoms with Crippen molar-refractivity contribution in [1.82, 2.24) is 5.32 Å². The lowest BCUT2D eigenvalue weighted by atomic mass is 10.2. The summed E-state index contributed by atoms with van der Waals surface area (Å²) in [5.41, 5.74) is 0.135. The average Bonchev–Trinajstić information content (AvgIpc) is 2.23. The van der Waals surface area contributed by atoms with Gasteiger partial charge in [-0.15, -0.1) is 0 Å². The molecule has 0 saturated heterocycles. The SMILES string of the molecule is COC(=O)CNC(=O)c1cc(F)cc(Br)c1. The van der Waals surface area contributed by atoms with Crippen molar-refractivity contribution in [3.8, 4) is 0 Å². The second kappa shape index (κ2) is 5.60. The van der Waals surface area contributed by atoms with Crippen LogP contribution in [0.2, 0.25) is 0 Å². The molecular formula is C10H9BrFNO3. The van der Waals surface area contributed by atoms with E-state index in [-0.39, 0.29) is 12.1 Å². The number of rotatable bonds is 3. The third-order valence-corrected chi connectivity index (χ3v) is 2.20. The summed E-state index contributed by atoms with van der Waals surface area (Å²) < 4.78 is 17.8. The Morgan fingerprint density at radius 2 is 2.12 bits per heavy atom. The van der Waals surface area contributed by atoms with Gasteiger partial charge in [0.1, 0.15) is 12.4 Å². The van der Waals surface area contributed by atoms with Crippen molar-refractivity contribution in [2.45, 2.75) is 0 Å². The van der Waals surface area contributed by atoms with Gasteiger partial charge in [0.25, 0.3) is 5.91 Å². The highest BCUT2D eigenvalue weighted by Gasteiger charge is 2.09. The number of nitrogens with one attached hydrogen (secondary N) is 1. The van der Waals surface area contributed by atoms with Crippen LogP contribution in [0.25, 0.3) is 0 Å². The van der Waals surface area contributed by atoms with E-state index in [0.717, 1.165) is 6.07 Å². The predicted molar refractivity (Wildman–Crippen MR) is 58.4 cm³/mol. The second-order valence-corrected chi connectivity index (χ2v) is 3.83. The van der Waals surface area contributed by atoms with E-state index in [0.29, 0.717) is 4.47 Å². The zero-order valence-corrected chi connectivity index (χ0v) is 10.0. The van der Waals surface area contributed by atoms with Crippen molar-refractivity contribution < 1.29 is 18.7 Å². The highest BCUT2D eigenvalue weighted by Crippen LogP contribution is 2.14. The third-order valence-electron chi connectivity index (χ3n) is 1.75. The van der Waals surface area contributed by atoms with Crippen molar-refractivity contribution in [3.05, 3.63) is 34.1 Å². The Balaban J connectivity index is 2.69. The Morgan fingerprint density at radius 3 is 2.69 bits per heavy atom. The molecule has 86 valence electrons. The molecule has 1 amide bonds. The minimum Gasteiger partial charge on any atom is -0.468 e. The van der Waals surface area contributed by atoms with Crippen LogP contribution in [0.5, 0.6) is 0 Å². The van der Waals surface area contributed by atoms with E-state index < -0.39 is 17.7 Å². The zero-order chi connectivity index (χ0) is 12.1. The quantitative estimate of drug-likeness (QED) is 0.858. The summed E-state index contributed by atoms with van der Waals surface area (Å²) >= 11 is 3.06. The molecule has 1 rings (SSSR count). The van der Waals surface area contributed by atoms with E-state index in [1.165, 1.54) is 19.2 Å². The van der Waals surface area contributed by atoms with Gasteiger partial charge in [0, 0.05) is 10.0 Å². The Kier molecular flexibility index (Phi) is 4.42. The Morgan fingerprint density at radius 1 is 1.44 bits per heavy atom. The number of benzene rings is 1. The number of esters is 1. The van der Waals surface area contributed by atoms with E-state index in [9.17, 15) is 14.0 Å². The molecular weight excluding hydrogens is 281 g/mol. The van der Waals surface area contributed by atoms with Gasteiger partial charge in [0.2, 0.25) is 0 Å². The van der Waals surface area contributed by atoms with Crippen molar-refractivity contribution in [2.75, 3.05) is 13.7 Å². The van der Waals surface area contributed by atoms with Crippen LogP contribution in [0.15, 0.2) is 22.7 Å². The number of carbonyl (C=O) groups is 2. The first-order valence-corrected chi connectivity index (χ1v) is 5.13. The maximum Gasteiger partial charge on any atom is 0.325 e. The number of hydrogen-bond donors (Lipinski definition) is 1. The molecule has 0 saturated carbocycles. The Labute approximate surface area is 99.9 Å². The largest absolute Gasteiger partial charge is 0.468 e. The van der Waals surface area contributed by atoms with Gasteiger partial charge in [-0.05, 0) is 18.2 Å². The Hall–Kier alpha value is -1.43. The van der Waals surface area contributed by atoms with E-state index in [2.05, 4.69) is 26.0 Å². The summed E-state index contributed by atoms with van der Waals surface area (Å²) in [5, 5.41) is 2.30. The van der Waals surface area contributed by atoms with Crippen LogP contribution in [0.3, 0.4) is 0 Å². The molecule has 1 aromatic rings. The van der Waals surface area contributed by atoms with Crippen LogP contribution in [0.4, 0.5) is 4.39 Å². The maximum absolute atomic E-state index is 13.0. The molecule has 1 N–H and O–H groups in total. The Bertz CT molecular complexity index is 402. The van der Waals surface area contributed by atoms with Crippen LogP contribution in [-0.4, -0.2) is 25.5 Å². The summed E-state index contributed by atoms with van der Waals surface area (Å²) in [5.74, 6) is -1.63. The van der Waals surface area contributed by atoms with Crippen LogP contribution < -0.4 is 5.32 Å². The molecule has 0 aliphatic heterocycles. The van der Waals surface area contributed by atoms with Gasteiger partial charge in [-0.2, -0.15) is 0 Å². The van der Waals surface area contributed by atoms with Crippen molar-refractivity contribution >= 4 is 27.8 Å². The first-order chi connectivity index (χ1) is 7.52. The minimum absolute atomic E-state index is 0.135. The van der Waals surface area contributed by atoms with Crippen LogP contribution in [-0.2, 0) is 9.53 Å². The normalized spacial score (nSPS) is 9.69.